The second kappa shape index (κ2) is 7.35. The predicted octanol–water partition coefficient (Wildman–Crippen LogP) is 2.82. The number of likely N-dealkylation sites (tertiary alicyclic amines) is 1. The third-order valence-corrected chi connectivity index (χ3v) is 3.91. The number of ether oxygens (including phenoxy) is 2. The number of rotatable bonds is 4. The maximum atomic E-state index is 12.4. The van der Waals surface area contributed by atoms with Crippen molar-refractivity contribution in [2.75, 3.05) is 25.5 Å². The Hall–Kier alpha value is -2.54. The van der Waals surface area contributed by atoms with Gasteiger partial charge in [-0.3, -0.25) is 0 Å². The molecular formula is C16H17ClN4O3. The van der Waals surface area contributed by atoms with Crippen LogP contribution in [0.25, 0.3) is 0 Å². The number of nitrogens with one attached hydrogen (secondary N) is 1. The molecule has 1 fully saturated rings. The zero-order valence-electron chi connectivity index (χ0n) is 13.1. The highest BCUT2D eigenvalue weighted by Crippen LogP contribution is 2.28. The molecule has 0 spiro atoms. The van der Waals surface area contributed by atoms with Gasteiger partial charge in [-0.25, -0.2) is 14.8 Å². The lowest BCUT2D eigenvalue weighted by Gasteiger charge is -2.18. The summed E-state index contributed by atoms with van der Waals surface area (Å²) in [5.41, 5.74) is 0.537. The number of anilines is 1. The Morgan fingerprint density at radius 1 is 1.42 bits per heavy atom. The molecule has 0 bridgehead atoms. The topological polar surface area (TPSA) is 76.6 Å². The van der Waals surface area contributed by atoms with Gasteiger partial charge in [-0.2, -0.15) is 0 Å². The van der Waals surface area contributed by atoms with E-state index in [4.69, 9.17) is 21.1 Å². The van der Waals surface area contributed by atoms with Gasteiger partial charge in [0.2, 0.25) is 5.88 Å². The van der Waals surface area contributed by atoms with Crippen LogP contribution in [0.4, 0.5) is 10.5 Å². The van der Waals surface area contributed by atoms with E-state index in [0.717, 1.165) is 6.42 Å². The van der Waals surface area contributed by atoms with Gasteiger partial charge in [0.25, 0.3) is 0 Å². The summed E-state index contributed by atoms with van der Waals surface area (Å²) in [5.74, 6) is 1.06. The molecule has 1 aliphatic rings. The van der Waals surface area contributed by atoms with Crippen LogP contribution in [0.5, 0.6) is 11.6 Å². The average Bonchev–Trinajstić information content (AvgIpc) is 3.05. The van der Waals surface area contributed by atoms with Gasteiger partial charge < -0.3 is 19.7 Å². The van der Waals surface area contributed by atoms with Crippen molar-refractivity contribution in [3.8, 4) is 11.6 Å². The molecule has 24 heavy (non-hydrogen) atoms. The van der Waals surface area contributed by atoms with Crippen LogP contribution in [0.1, 0.15) is 6.42 Å². The molecule has 126 valence electrons. The minimum absolute atomic E-state index is 0.0908. The summed E-state index contributed by atoms with van der Waals surface area (Å²) in [5, 5.41) is 3.35. The highest BCUT2D eigenvalue weighted by Gasteiger charge is 2.28. The monoisotopic (exact) mass is 348 g/mol. The highest BCUT2D eigenvalue weighted by atomic mass is 35.5. The lowest BCUT2D eigenvalue weighted by molar-refractivity contribution is 0.189. The van der Waals surface area contributed by atoms with Crippen LogP contribution in [0.3, 0.4) is 0 Å². The van der Waals surface area contributed by atoms with E-state index in [2.05, 4.69) is 15.3 Å². The number of methoxy groups -OCH3 is 1. The molecule has 1 saturated heterocycles. The molecule has 2 heterocycles. The van der Waals surface area contributed by atoms with Crippen LogP contribution in [-0.2, 0) is 0 Å². The van der Waals surface area contributed by atoms with Gasteiger partial charge in [0.1, 0.15) is 18.2 Å². The van der Waals surface area contributed by atoms with E-state index in [0.29, 0.717) is 35.4 Å². The molecule has 2 aromatic rings. The van der Waals surface area contributed by atoms with E-state index in [-0.39, 0.29) is 12.1 Å². The SMILES string of the molecule is COc1ccc(Cl)cc1NC(=O)N1CC[C@H](Oc2ccncn2)C1. The Bertz CT molecular complexity index is 714. The van der Waals surface area contributed by atoms with Gasteiger partial charge in [-0.15, -0.1) is 0 Å². The first-order chi connectivity index (χ1) is 11.7. The highest BCUT2D eigenvalue weighted by molar-refractivity contribution is 6.31. The van der Waals surface area contributed by atoms with E-state index in [9.17, 15) is 4.79 Å². The number of nitrogens with zero attached hydrogens (tertiary/aromatic N) is 3. The fourth-order valence-electron chi connectivity index (χ4n) is 2.50. The minimum Gasteiger partial charge on any atom is -0.495 e. The fraction of sp³-hybridized carbons (Fsp3) is 0.312. The smallest absolute Gasteiger partial charge is 0.322 e. The van der Waals surface area contributed by atoms with Crippen molar-refractivity contribution >= 4 is 23.3 Å². The zero-order chi connectivity index (χ0) is 16.9. The van der Waals surface area contributed by atoms with E-state index in [1.807, 2.05) is 0 Å². The van der Waals surface area contributed by atoms with Gasteiger partial charge in [0, 0.05) is 30.3 Å². The third-order valence-electron chi connectivity index (χ3n) is 3.68. The van der Waals surface area contributed by atoms with Crippen molar-refractivity contribution in [1.29, 1.82) is 0 Å². The average molecular weight is 349 g/mol. The Morgan fingerprint density at radius 3 is 3.04 bits per heavy atom. The van der Waals surface area contributed by atoms with Gasteiger partial charge in [0.15, 0.2) is 0 Å². The summed E-state index contributed by atoms with van der Waals surface area (Å²) in [7, 11) is 1.54. The van der Waals surface area contributed by atoms with Gasteiger partial charge >= 0.3 is 6.03 Å². The summed E-state index contributed by atoms with van der Waals surface area (Å²) >= 11 is 5.98. The molecule has 0 saturated carbocycles. The van der Waals surface area contributed by atoms with E-state index >= 15 is 0 Å². The molecule has 1 aromatic heterocycles. The van der Waals surface area contributed by atoms with Gasteiger partial charge in [-0.05, 0) is 18.2 Å². The molecule has 8 heteroatoms. The lowest BCUT2D eigenvalue weighted by Crippen LogP contribution is -2.34. The molecule has 1 atom stereocenters. The van der Waals surface area contributed by atoms with Crippen LogP contribution >= 0.6 is 11.6 Å². The standard InChI is InChI=1S/C16H17ClN4O3/c1-23-14-3-2-11(17)8-13(14)20-16(22)21-7-5-12(9-21)24-15-4-6-18-10-19-15/h2-4,6,8,10,12H,5,7,9H2,1H3,(H,20,22)/t12-/m0/s1. The first kappa shape index (κ1) is 16.3. The van der Waals surface area contributed by atoms with Crippen molar-refractivity contribution in [3.63, 3.8) is 0 Å². The predicted molar refractivity (Wildman–Crippen MR) is 89.7 cm³/mol. The number of urea groups is 1. The van der Waals surface area contributed by atoms with Crippen LogP contribution in [0, 0.1) is 0 Å². The van der Waals surface area contributed by atoms with Gasteiger partial charge in [0.05, 0.1) is 19.3 Å². The molecule has 0 radical (unpaired) electrons. The maximum absolute atomic E-state index is 12.4. The zero-order valence-corrected chi connectivity index (χ0v) is 13.9. The van der Waals surface area contributed by atoms with Gasteiger partial charge in [-0.1, -0.05) is 11.6 Å². The largest absolute Gasteiger partial charge is 0.495 e. The normalized spacial score (nSPS) is 16.8. The number of carbonyl (C=O) groups is 1. The number of halogens is 1. The summed E-state index contributed by atoms with van der Waals surface area (Å²) in [6.07, 6.45) is 3.70. The minimum atomic E-state index is -0.218. The molecule has 2 amide bonds. The van der Waals surface area contributed by atoms with E-state index < -0.39 is 0 Å². The number of benzene rings is 1. The molecule has 1 aliphatic heterocycles. The van der Waals surface area contributed by atoms with E-state index in [1.165, 1.54) is 6.33 Å². The number of aromatic nitrogens is 2. The van der Waals surface area contributed by atoms with Crippen LogP contribution in [0.2, 0.25) is 5.02 Å². The second-order valence-corrected chi connectivity index (χ2v) is 5.73. The molecular weight excluding hydrogens is 332 g/mol. The Balaban J connectivity index is 1.60. The lowest BCUT2D eigenvalue weighted by atomic mass is 10.3. The van der Waals surface area contributed by atoms with Crippen LogP contribution in [-0.4, -0.2) is 47.2 Å². The van der Waals surface area contributed by atoms with Crippen molar-refractivity contribution in [3.05, 3.63) is 41.8 Å². The van der Waals surface area contributed by atoms with Crippen LogP contribution < -0.4 is 14.8 Å². The number of amides is 2. The molecule has 3 rings (SSSR count). The Labute approximate surface area is 144 Å². The van der Waals surface area contributed by atoms with Crippen LogP contribution in [0.15, 0.2) is 36.8 Å². The molecule has 0 unspecified atom stereocenters. The Kier molecular flexibility index (Phi) is 5.00. The van der Waals surface area contributed by atoms with E-state index in [1.54, 1.807) is 42.5 Å². The second-order valence-electron chi connectivity index (χ2n) is 5.30. The third kappa shape index (κ3) is 3.86. The summed E-state index contributed by atoms with van der Waals surface area (Å²) in [6, 6.07) is 6.55. The summed E-state index contributed by atoms with van der Waals surface area (Å²) < 4.78 is 11.0. The van der Waals surface area contributed by atoms with Crippen molar-refractivity contribution < 1.29 is 14.3 Å². The maximum Gasteiger partial charge on any atom is 0.322 e. The molecule has 1 N–H and O–H groups in total. The number of carbonyl (C=O) groups excluding carboxylic acids is 1. The quantitative estimate of drug-likeness (QED) is 0.919. The van der Waals surface area contributed by atoms with Crippen molar-refractivity contribution in [2.24, 2.45) is 0 Å². The molecule has 7 nitrogen and oxygen atoms in total. The first-order valence-corrected chi connectivity index (χ1v) is 7.85. The fourth-order valence-corrected chi connectivity index (χ4v) is 2.67. The molecule has 1 aromatic carbocycles. The number of hydrogen-bond acceptors (Lipinski definition) is 5. The van der Waals surface area contributed by atoms with Crippen molar-refractivity contribution in [2.45, 2.75) is 12.5 Å². The summed E-state index contributed by atoms with van der Waals surface area (Å²) in [6.45, 7) is 1.09. The number of hydrogen-bond donors (Lipinski definition) is 1. The molecule has 0 aliphatic carbocycles. The first-order valence-electron chi connectivity index (χ1n) is 7.48. The van der Waals surface area contributed by atoms with Crippen molar-refractivity contribution in [1.82, 2.24) is 14.9 Å². The Morgan fingerprint density at radius 2 is 2.29 bits per heavy atom. The summed E-state index contributed by atoms with van der Waals surface area (Å²) in [4.78, 5) is 22.0.